The van der Waals surface area contributed by atoms with E-state index in [1.165, 1.54) is 6.07 Å². The van der Waals surface area contributed by atoms with Crippen LogP contribution in [-0.4, -0.2) is 57.8 Å². The summed E-state index contributed by atoms with van der Waals surface area (Å²) in [5.74, 6) is 0.185. The lowest BCUT2D eigenvalue weighted by atomic mass is 10.1. The van der Waals surface area contributed by atoms with E-state index in [2.05, 4.69) is 15.4 Å². The number of anilines is 1. The summed E-state index contributed by atoms with van der Waals surface area (Å²) in [6.07, 6.45) is 3.50. The Bertz CT molecular complexity index is 866. The van der Waals surface area contributed by atoms with Crippen molar-refractivity contribution in [2.75, 3.05) is 31.1 Å². The Balaban J connectivity index is 1.70. The van der Waals surface area contributed by atoms with Crippen LogP contribution in [0, 0.1) is 5.82 Å². The van der Waals surface area contributed by atoms with Gasteiger partial charge >= 0.3 is 0 Å². The summed E-state index contributed by atoms with van der Waals surface area (Å²) in [5.41, 5.74) is 1.83. The summed E-state index contributed by atoms with van der Waals surface area (Å²) in [6, 6.07) is 4.58. The van der Waals surface area contributed by atoms with Crippen molar-refractivity contribution >= 4 is 17.6 Å². The van der Waals surface area contributed by atoms with E-state index in [-0.39, 0.29) is 24.6 Å². The third-order valence-electron chi connectivity index (χ3n) is 4.55. The van der Waals surface area contributed by atoms with Gasteiger partial charge in [-0.1, -0.05) is 6.07 Å². The molecule has 1 saturated heterocycles. The predicted octanol–water partition coefficient (Wildman–Crippen LogP) is 0.866. The number of guanidine groups is 1. The maximum Gasteiger partial charge on any atom is 0.246 e. The van der Waals surface area contributed by atoms with Crippen LogP contribution in [0.2, 0.25) is 0 Å². The number of amides is 1. The van der Waals surface area contributed by atoms with Crippen LogP contribution in [0.15, 0.2) is 35.6 Å². The van der Waals surface area contributed by atoms with Gasteiger partial charge in [-0.15, -0.1) is 0 Å². The first-order chi connectivity index (χ1) is 13.5. The number of hydrogen-bond donors (Lipinski definition) is 2. The third kappa shape index (κ3) is 4.48. The van der Waals surface area contributed by atoms with Crippen molar-refractivity contribution in [3.05, 3.63) is 47.5 Å². The number of piperazine rings is 1. The van der Waals surface area contributed by atoms with E-state index >= 15 is 0 Å². The number of aliphatic imine (C=N–C) groups is 1. The van der Waals surface area contributed by atoms with E-state index in [0.29, 0.717) is 32.1 Å². The van der Waals surface area contributed by atoms with Crippen LogP contribution < -0.4 is 10.2 Å². The largest absolute Gasteiger partial charge is 0.392 e. The summed E-state index contributed by atoms with van der Waals surface area (Å²) in [7, 11) is 1.82. The number of aliphatic hydroxyl groups excluding tert-OH is 1. The van der Waals surface area contributed by atoms with Gasteiger partial charge in [0.25, 0.3) is 0 Å². The van der Waals surface area contributed by atoms with Crippen molar-refractivity contribution in [3.8, 4) is 0 Å². The normalized spacial score (nSPS) is 15.3. The van der Waals surface area contributed by atoms with Crippen LogP contribution >= 0.6 is 0 Å². The molecule has 0 atom stereocenters. The van der Waals surface area contributed by atoms with Crippen LogP contribution in [0.1, 0.15) is 18.1 Å². The van der Waals surface area contributed by atoms with Crippen LogP contribution in [-0.2, 0) is 25.0 Å². The first-order valence-corrected chi connectivity index (χ1v) is 9.22. The van der Waals surface area contributed by atoms with Gasteiger partial charge in [0.15, 0.2) is 5.96 Å². The summed E-state index contributed by atoms with van der Waals surface area (Å²) in [5, 5.41) is 16.5. The molecule has 8 nitrogen and oxygen atoms in total. The molecule has 1 aromatic heterocycles. The highest BCUT2D eigenvalue weighted by Gasteiger charge is 2.27. The van der Waals surface area contributed by atoms with Gasteiger partial charge in [0, 0.05) is 38.4 Å². The number of rotatable bonds is 5. The van der Waals surface area contributed by atoms with E-state index < -0.39 is 5.82 Å². The van der Waals surface area contributed by atoms with Gasteiger partial charge in [0.1, 0.15) is 12.4 Å². The molecule has 2 aromatic rings. The second-order valence-corrected chi connectivity index (χ2v) is 6.59. The molecule has 1 aliphatic rings. The minimum atomic E-state index is -0.431. The highest BCUT2D eigenvalue weighted by atomic mass is 19.1. The quantitative estimate of drug-likeness (QED) is 0.586. The Morgan fingerprint density at radius 1 is 1.39 bits per heavy atom. The van der Waals surface area contributed by atoms with Gasteiger partial charge in [-0.3, -0.25) is 9.48 Å². The molecule has 0 radical (unpaired) electrons. The predicted molar refractivity (Wildman–Crippen MR) is 104 cm³/mol. The molecule has 28 heavy (non-hydrogen) atoms. The first-order valence-electron chi connectivity index (χ1n) is 9.22. The van der Waals surface area contributed by atoms with Gasteiger partial charge in [-0.2, -0.15) is 5.10 Å². The molecule has 0 saturated carbocycles. The van der Waals surface area contributed by atoms with Crippen molar-refractivity contribution in [2.24, 2.45) is 12.0 Å². The Morgan fingerprint density at radius 2 is 2.21 bits per heavy atom. The van der Waals surface area contributed by atoms with Crippen molar-refractivity contribution in [1.82, 2.24) is 20.0 Å². The topological polar surface area (TPSA) is 86.0 Å². The summed E-state index contributed by atoms with van der Waals surface area (Å²) < 4.78 is 15.2. The number of benzene rings is 1. The summed E-state index contributed by atoms with van der Waals surface area (Å²) in [6.45, 7) is 4.00. The maximum atomic E-state index is 13.5. The number of aliphatic hydroxyl groups is 1. The van der Waals surface area contributed by atoms with Crippen LogP contribution in [0.25, 0.3) is 0 Å². The fraction of sp³-hybridized carbons (Fsp3) is 0.421. The van der Waals surface area contributed by atoms with Gasteiger partial charge < -0.3 is 20.2 Å². The Morgan fingerprint density at radius 3 is 2.86 bits per heavy atom. The number of carbonyl (C=O) groups excluding carboxylic acids is 1. The second-order valence-electron chi connectivity index (χ2n) is 6.59. The number of halogens is 1. The van der Waals surface area contributed by atoms with E-state index in [0.717, 1.165) is 11.3 Å². The van der Waals surface area contributed by atoms with Gasteiger partial charge in [-0.05, 0) is 24.6 Å². The fourth-order valence-corrected chi connectivity index (χ4v) is 3.11. The SMILES string of the molecule is CCNC(=NCc1ccc(F)c(CO)c1)N1CCN(c2cnn(C)c2)C(=O)C1. The van der Waals surface area contributed by atoms with Crippen molar-refractivity contribution < 1.29 is 14.3 Å². The molecule has 3 rings (SSSR count). The highest BCUT2D eigenvalue weighted by Crippen LogP contribution is 2.16. The van der Waals surface area contributed by atoms with Gasteiger partial charge in [-0.25, -0.2) is 9.38 Å². The monoisotopic (exact) mass is 388 g/mol. The standard InChI is InChI=1S/C19H25FN6O2/c1-3-21-19(22-9-14-4-5-17(20)15(8-14)13-27)25-6-7-26(18(28)12-25)16-10-23-24(2)11-16/h4-5,8,10-11,27H,3,6-7,9,12-13H2,1-2H3,(H,21,22). The molecule has 1 fully saturated rings. The van der Waals surface area contributed by atoms with Crippen LogP contribution in [0.4, 0.5) is 10.1 Å². The average molecular weight is 388 g/mol. The summed E-state index contributed by atoms with van der Waals surface area (Å²) >= 11 is 0. The lowest BCUT2D eigenvalue weighted by Crippen LogP contribution is -2.55. The lowest BCUT2D eigenvalue weighted by Gasteiger charge is -2.35. The van der Waals surface area contributed by atoms with Crippen molar-refractivity contribution in [3.63, 3.8) is 0 Å². The number of nitrogens with one attached hydrogen (secondary N) is 1. The van der Waals surface area contributed by atoms with Gasteiger partial charge in [0.05, 0.1) is 25.0 Å². The van der Waals surface area contributed by atoms with Crippen LogP contribution in [0.3, 0.4) is 0 Å². The van der Waals surface area contributed by atoms with Crippen molar-refractivity contribution in [2.45, 2.75) is 20.1 Å². The molecule has 2 heterocycles. The van der Waals surface area contributed by atoms with Gasteiger partial charge in [0.2, 0.25) is 5.91 Å². The fourth-order valence-electron chi connectivity index (χ4n) is 3.11. The Kier molecular flexibility index (Phi) is 6.25. The summed E-state index contributed by atoms with van der Waals surface area (Å²) in [4.78, 5) is 20.8. The first kappa shape index (κ1) is 19.8. The minimum Gasteiger partial charge on any atom is -0.392 e. The van der Waals surface area contributed by atoms with E-state index in [1.54, 1.807) is 27.9 Å². The number of carbonyl (C=O) groups is 1. The number of hydrogen-bond acceptors (Lipinski definition) is 4. The molecule has 2 N–H and O–H groups in total. The Hall–Kier alpha value is -2.94. The van der Waals surface area contributed by atoms with Crippen molar-refractivity contribution in [1.29, 1.82) is 0 Å². The van der Waals surface area contributed by atoms with Crippen LogP contribution in [0.5, 0.6) is 0 Å². The molecule has 1 amide bonds. The molecule has 1 aliphatic heterocycles. The molecular weight excluding hydrogens is 363 g/mol. The molecular formula is C19H25FN6O2. The Labute approximate surface area is 163 Å². The van der Waals surface area contributed by atoms with E-state index in [9.17, 15) is 14.3 Å². The molecule has 9 heteroatoms. The van der Waals surface area contributed by atoms with E-state index in [1.807, 2.05) is 25.1 Å². The molecule has 0 bridgehead atoms. The molecule has 1 aromatic carbocycles. The number of aryl methyl sites for hydroxylation is 1. The number of aromatic nitrogens is 2. The minimum absolute atomic E-state index is 0.0193. The highest BCUT2D eigenvalue weighted by molar-refractivity contribution is 5.98. The molecule has 0 aliphatic carbocycles. The molecule has 0 spiro atoms. The third-order valence-corrected chi connectivity index (χ3v) is 4.55. The second kappa shape index (κ2) is 8.83. The smallest absolute Gasteiger partial charge is 0.246 e. The number of nitrogens with zero attached hydrogens (tertiary/aromatic N) is 5. The lowest BCUT2D eigenvalue weighted by molar-refractivity contribution is -0.120. The van der Waals surface area contributed by atoms with E-state index in [4.69, 9.17) is 0 Å². The zero-order valence-electron chi connectivity index (χ0n) is 16.1. The molecule has 150 valence electrons. The zero-order valence-corrected chi connectivity index (χ0v) is 16.1. The molecule has 0 unspecified atom stereocenters. The zero-order chi connectivity index (χ0) is 20.1. The maximum absolute atomic E-state index is 13.5. The average Bonchev–Trinajstić information content (AvgIpc) is 3.12.